The van der Waals surface area contributed by atoms with Gasteiger partial charge in [0.1, 0.15) is 0 Å². The fourth-order valence-corrected chi connectivity index (χ4v) is 3.52. The largest absolute Gasteiger partial charge is 0.481 e. The van der Waals surface area contributed by atoms with E-state index in [4.69, 9.17) is 0 Å². The van der Waals surface area contributed by atoms with Crippen LogP contribution >= 0.6 is 0 Å². The summed E-state index contributed by atoms with van der Waals surface area (Å²) < 4.78 is 0. The lowest BCUT2D eigenvalue weighted by Crippen LogP contribution is -2.49. The van der Waals surface area contributed by atoms with E-state index >= 15 is 0 Å². The van der Waals surface area contributed by atoms with E-state index < -0.39 is 11.9 Å². The highest BCUT2D eigenvalue weighted by atomic mass is 16.4. The third kappa shape index (κ3) is 3.99. The Hall–Kier alpha value is -1.59. The molecule has 0 bridgehead atoms. The van der Waals surface area contributed by atoms with Gasteiger partial charge in [-0.25, -0.2) is 0 Å². The van der Waals surface area contributed by atoms with Crippen molar-refractivity contribution in [3.05, 3.63) is 0 Å². The molecule has 1 aliphatic heterocycles. The highest BCUT2D eigenvalue weighted by molar-refractivity contribution is 5.82. The number of hydrogen-bond acceptors (Lipinski definition) is 3. The third-order valence-electron chi connectivity index (χ3n) is 4.77. The normalized spacial score (nSPS) is 28.4. The Morgan fingerprint density at radius 3 is 2.64 bits per heavy atom. The van der Waals surface area contributed by atoms with E-state index in [0.717, 1.165) is 38.6 Å². The number of carbonyl (C=O) groups is 3. The summed E-state index contributed by atoms with van der Waals surface area (Å²) in [5, 5.41) is 12.1. The number of rotatable bonds is 5. The topological polar surface area (TPSA) is 86.7 Å². The second kappa shape index (κ2) is 7.61. The highest BCUT2D eigenvalue weighted by Crippen LogP contribution is 2.27. The molecule has 1 unspecified atom stereocenters. The summed E-state index contributed by atoms with van der Waals surface area (Å²) in [6.07, 6.45) is 5.15. The summed E-state index contributed by atoms with van der Waals surface area (Å²) in [5.74, 6) is -1.47. The number of aliphatic carboxylic acids is 1. The fourth-order valence-electron chi connectivity index (χ4n) is 3.52. The molecule has 2 N–H and O–H groups in total. The van der Waals surface area contributed by atoms with Crippen molar-refractivity contribution in [2.24, 2.45) is 11.8 Å². The Morgan fingerprint density at radius 2 is 1.95 bits per heavy atom. The van der Waals surface area contributed by atoms with Gasteiger partial charge in [-0.2, -0.15) is 0 Å². The molecule has 0 spiro atoms. The maximum absolute atomic E-state index is 12.4. The minimum absolute atomic E-state index is 0.0906. The van der Waals surface area contributed by atoms with Crippen LogP contribution in [0.15, 0.2) is 0 Å². The van der Waals surface area contributed by atoms with Gasteiger partial charge in [-0.15, -0.1) is 0 Å². The number of nitrogens with zero attached hydrogens (tertiary/aromatic N) is 1. The summed E-state index contributed by atoms with van der Waals surface area (Å²) in [5.41, 5.74) is 0. The maximum atomic E-state index is 12.4. The molecule has 0 aromatic rings. The first-order chi connectivity index (χ1) is 10.5. The molecule has 0 aromatic heterocycles. The van der Waals surface area contributed by atoms with E-state index in [0.29, 0.717) is 19.4 Å². The fraction of sp³-hybridized carbons (Fsp3) is 0.812. The van der Waals surface area contributed by atoms with Crippen LogP contribution in [0.4, 0.5) is 0 Å². The molecule has 2 fully saturated rings. The molecule has 6 nitrogen and oxygen atoms in total. The molecule has 3 atom stereocenters. The molecule has 6 heteroatoms. The van der Waals surface area contributed by atoms with Crippen LogP contribution in [0.1, 0.15) is 51.9 Å². The highest BCUT2D eigenvalue weighted by Gasteiger charge is 2.36. The molecule has 2 amide bonds. The average molecular weight is 310 g/mol. The summed E-state index contributed by atoms with van der Waals surface area (Å²) in [6.45, 7) is 3.16. The van der Waals surface area contributed by atoms with Crippen molar-refractivity contribution in [2.75, 3.05) is 13.1 Å². The van der Waals surface area contributed by atoms with E-state index in [1.807, 2.05) is 6.92 Å². The van der Waals surface area contributed by atoms with Gasteiger partial charge in [0.2, 0.25) is 11.8 Å². The number of likely N-dealkylation sites (tertiary alicyclic amines) is 1. The Morgan fingerprint density at radius 1 is 1.18 bits per heavy atom. The minimum atomic E-state index is -0.828. The van der Waals surface area contributed by atoms with E-state index in [1.54, 1.807) is 4.90 Å². The van der Waals surface area contributed by atoms with Gasteiger partial charge >= 0.3 is 5.97 Å². The molecule has 124 valence electrons. The van der Waals surface area contributed by atoms with Crippen molar-refractivity contribution in [3.63, 3.8) is 0 Å². The molecule has 2 rings (SSSR count). The van der Waals surface area contributed by atoms with Gasteiger partial charge in [-0.05, 0) is 32.1 Å². The predicted molar refractivity (Wildman–Crippen MR) is 81.1 cm³/mol. The van der Waals surface area contributed by atoms with Crippen molar-refractivity contribution in [1.29, 1.82) is 0 Å². The zero-order valence-electron chi connectivity index (χ0n) is 13.2. The van der Waals surface area contributed by atoms with Crippen LogP contribution in [0.5, 0.6) is 0 Å². The van der Waals surface area contributed by atoms with Crippen LogP contribution in [0.3, 0.4) is 0 Å². The SMILES string of the molecule is CCCC(=O)N1CCCC(C(=O)N[C@@H]2CCC[C@@H]2C(=O)O)C1. The van der Waals surface area contributed by atoms with E-state index in [1.165, 1.54) is 0 Å². The van der Waals surface area contributed by atoms with Gasteiger partial charge in [0.05, 0.1) is 11.8 Å². The number of nitrogens with one attached hydrogen (secondary N) is 1. The Labute approximate surface area is 131 Å². The van der Waals surface area contributed by atoms with Gasteiger partial charge < -0.3 is 15.3 Å². The molecule has 1 saturated carbocycles. The van der Waals surface area contributed by atoms with Crippen molar-refractivity contribution < 1.29 is 19.5 Å². The number of hydrogen-bond donors (Lipinski definition) is 2. The third-order valence-corrected chi connectivity index (χ3v) is 4.77. The molecule has 1 aliphatic carbocycles. The lowest BCUT2D eigenvalue weighted by atomic mass is 9.95. The van der Waals surface area contributed by atoms with Gasteiger partial charge in [0.25, 0.3) is 0 Å². The first kappa shape index (κ1) is 16.8. The first-order valence-corrected chi connectivity index (χ1v) is 8.34. The number of carboxylic acid groups (broad SMARTS) is 1. The number of carboxylic acids is 1. The number of amides is 2. The number of carbonyl (C=O) groups excluding carboxylic acids is 2. The van der Waals surface area contributed by atoms with Crippen molar-refractivity contribution in [2.45, 2.75) is 57.9 Å². The predicted octanol–water partition coefficient (Wildman–Crippen LogP) is 1.39. The van der Waals surface area contributed by atoms with E-state index in [2.05, 4.69) is 5.32 Å². The second-order valence-electron chi connectivity index (χ2n) is 6.42. The van der Waals surface area contributed by atoms with E-state index in [-0.39, 0.29) is 23.8 Å². The average Bonchev–Trinajstić information content (AvgIpc) is 2.96. The molecule has 22 heavy (non-hydrogen) atoms. The molecular weight excluding hydrogens is 284 g/mol. The van der Waals surface area contributed by atoms with Gasteiger partial charge in [0.15, 0.2) is 0 Å². The minimum Gasteiger partial charge on any atom is -0.481 e. The quantitative estimate of drug-likeness (QED) is 0.803. The van der Waals surface area contributed by atoms with Gasteiger partial charge in [0, 0.05) is 25.6 Å². The zero-order chi connectivity index (χ0) is 16.1. The lowest BCUT2D eigenvalue weighted by Gasteiger charge is -2.33. The molecule has 1 saturated heterocycles. The first-order valence-electron chi connectivity index (χ1n) is 8.34. The second-order valence-corrected chi connectivity index (χ2v) is 6.42. The maximum Gasteiger partial charge on any atom is 0.308 e. The lowest BCUT2D eigenvalue weighted by molar-refractivity contribution is -0.142. The Kier molecular flexibility index (Phi) is 5.80. The Bertz CT molecular complexity index is 438. The van der Waals surface area contributed by atoms with Crippen LogP contribution < -0.4 is 5.32 Å². The van der Waals surface area contributed by atoms with E-state index in [9.17, 15) is 19.5 Å². The van der Waals surface area contributed by atoms with Crippen molar-refractivity contribution in [3.8, 4) is 0 Å². The van der Waals surface area contributed by atoms with Crippen molar-refractivity contribution >= 4 is 17.8 Å². The monoisotopic (exact) mass is 310 g/mol. The molecular formula is C16H26N2O4. The van der Waals surface area contributed by atoms with Crippen LogP contribution in [0, 0.1) is 11.8 Å². The molecule has 0 radical (unpaired) electrons. The summed E-state index contributed by atoms with van der Waals surface area (Å²) >= 11 is 0. The summed E-state index contributed by atoms with van der Waals surface area (Å²) in [4.78, 5) is 37.3. The Balaban J connectivity index is 1.89. The van der Waals surface area contributed by atoms with Crippen LogP contribution in [0.2, 0.25) is 0 Å². The molecule has 2 aliphatic rings. The zero-order valence-corrected chi connectivity index (χ0v) is 13.2. The van der Waals surface area contributed by atoms with Crippen LogP contribution in [-0.2, 0) is 14.4 Å². The van der Waals surface area contributed by atoms with Gasteiger partial charge in [-0.3, -0.25) is 14.4 Å². The van der Waals surface area contributed by atoms with Crippen LogP contribution in [-0.4, -0.2) is 46.9 Å². The van der Waals surface area contributed by atoms with Crippen molar-refractivity contribution in [1.82, 2.24) is 10.2 Å². The summed E-state index contributed by atoms with van der Waals surface area (Å²) in [7, 11) is 0. The smallest absolute Gasteiger partial charge is 0.308 e. The van der Waals surface area contributed by atoms with Crippen LogP contribution in [0.25, 0.3) is 0 Å². The molecule has 1 heterocycles. The summed E-state index contributed by atoms with van der Waals surface area (Å²) in [6, 6.07) is -0.258. The molecule has 0 aromatic carbocycles. The van der Waals surface area contributed by atoms with Gasteiger partial charge in [-0.1, -0.05) is 13.3 Å². The standard InChI is InChI=1S/C16H26N2O4/c1-2-5-14(19)18-9-4-6-11(10-18)15(20)17-13-8-3-7-12(13)16(21)22/h11-13H,2-10H2,1H3,(H,17,20)(H,21,22)/t11?,12-,13+/m0/s1. The number of piperidine rings is 1.